The Labute approximate surface area is 156 Å². The van der Waals surface area contributed by atoms with Gasteiger partial charge in [0.1, 0.15) is 6.61 Å². The molecule has 2 aromatic rings. The van der Waals surface area contributed by atoms with Crippen LogP contribution in [0.4, 0.5) is 13.2 Å². The van der Waals surface area contributed by atoms with Crippen LogP contribution in [0.2, 0.25) is 0 Å². The molecule has 5 nitrogen and oxygen atoms in total. The fourth-order valence-corrected chi connectivity index (χ4v) is 2.41. The Bertz CT molecular complexity index is 754. The van der Waals surface area contributed by atoms with Crippen LogP contribution in [0.15, 0.2) is 30.5 Å². The summed E-state index contributed by atoms with van der Waals surface area (Å²) in [5.74, 6) is 0.585. The summed E-state index contributed by atoms with van der Waals surface area (Å²) in [5.41, 5.74) is -0.174. The summed E-state index contributed by atoms with van der Waals surface area (Å²) in [5, 5.41) is 0.134. The van der Waals surface area contributed by atoms with Gasteiger partial charge in [0.05, 0.1) is 30.8 Å². The first-order valence-electron chi connectivity index (χ1n) is 7.30. The number of rotatable bonds is 7. The first-order chi connectivity index (χ1) is 12.3. The predicted octanol–water partition coefficient (Wildman–Crippen LogP) is 4.27. The first kappa shape index (κ1) is 20.0. The smallest absolute Gasteiger partial charge is 0.417 e. The number of carbonyl (C=O) groups excluding carboxylic acids is 1. The zero-order chi connectivity index (χ0) is 19.3. The van der Waals surface area contributed by atoms with Crippen LogP contribution in [0.25, 0.3) is 0 Å². The van der Waals surface area contributed by atoms with E-state index in [1.165, 1.54) is 32.4 Å². The van der Waals surface area contributed by atoms with Crippen LogP contribution in [0.1, 0.15) is 21.6 Å². The van der Waals surface area contributed by atoms with Crippen molar-refractivity contribution in [1.29, 1.82) is 0 Å². The number of ether oxygens (including phenoxy) is 3. The minimum absolute atomic E-state index is 0.101. The second kappa shape index (κ2) is 8.39. The largest absolute Gasteiger partial charge is 0.493 e. The van der Waals surface area contributed by atoms with Crippen LogP contribution < -0.4 is 14.2 Å². The number of hydrogen-bond donors (Lipinski definition) is 0. The van der Waals surface area contributed by atoms with E-state index < -0.39 is 11.7 Å². The molecule has 0 atom stereocenters. The van der Waals surface area contributed by atoms with Gasteiger partial charge < -0.3 is 14.2 Å². The summed E-state index contributed by atoms with van der Waals surface area (Å²) in [7, 11) is 2.81. The highest BCUT2D eigenvalue weighted by molar-refractivity contribution is 9.09. The Balaban J connectivity index is 2.24. The number of pyridine rings is 1. The van der Waals surface area contributed by atoms with Crippen LogP contribution >= 0.6 is 15.9 Å². The second-order valence-corrected chi connectivity index (χ2v) is 5.65. The van der Waals surface area contributed by atoms with E-state index in [1.54, 1.807) is 0 Å². The third-order valence-electron chi connectivity index (χ3n) is 3.42. The van der Waals surface area contributed by atoms with Crippen molar-refractivity contribution in [3.8, 4) is 17.2 Å². The van der Waals surface area contributed by atoms with Crippen LogP contribution in [0.5, 0.6) is 17.2 Å². The van der Waals surface area contributed by atoms with Gasteiger partial charge in [-0.15, -0.1) is 0 Å². The van der Waals surface area contributed by atoms with E-state index in [2.05, 4.69) is 20.9 Å². The topological polar surface area (TPSA) is 57.7 Å². The van der Waals surface area contributed by atoms with Crippen molar-refractivity contribution in [3.05, 3.63) is 47.3 Å². The maximum atomic E-state index is 12.6. The zero-order valence-corrected chi connectivity index (χ0v) is 15.5. The van der Waals surface area contributed by atoms with E-state index in [-0.39, 0.29) is 35.0 Å². The fourth-order valence-electron chi connectivity index (χ4n) is 2.08. The van der Waals surface area contributed by atoms with Crippen LogP contribution in [-0.4, -0.2) is 30.3 Å². The van der Waals surface area contributed by atoms with Gasteiger partial charge in [0, 0.05) is 11.8 Å². The lowest BCUT2D eigenvalue weighted by Crippen LogP contribution is -2.08. The van der Waals surface area contributed by atoms with Gasteiger partial charge >= 0.3 is 6.18 Å². The molecule has 0 radical (unpaired) electrons. The highest BCUT2D eigenvalue weighted by Gasteiger charge is 2.30. The van der Waals surface area contributed by atoms with E-state index in [9.17, 15) is 18.0 Å². The molecule has 1 aromatic heterocycles. The maximum absolute atomic E-state index is 12.6. The quantitative estimate of drug-likeness (QED) is 0.481. The highest BCUT2D eigenvalue weighted by atomic mass is 79.9. The number of Topliss-reactive ketones (excluding diaryl/α,β-unsaturated/α-hetero) is 1. The number of benzene rings is 1. The molecule has 140 valence electrons. The van der Waals surface area contributed by atoms with Gasteiger partial charge in [0.15, 0.2) is 17.3 Å². The van der Waals surface area contributed by atoms with Crippen LogP contribution in [-0.2, 0) is 12.8 Å². The molecule has 0 saturated heterocycles. The lowest BCUT2D eigenvalue weighted by atomic mass is 10.1. The minimum Gasteiger partial charge on any atom is -0.493 e. The average Bonchev–Trinajstić information content (AvgIpc) is 2.64. The molecule has 0 amide bonds. The Morgan fingerprint density at radius 3 is 2.19 bits per heavy atom. The monoisotopic (exact) mass is 433 g/mol. The molecule has 0 aliphatic heterocycles. The van der Waals surface area contributed by atoms with Crippen molar-refractivity contribution in [1.82, 2.24) is 4.98 Å². The fraction of sp³-hybridized carbons (Fsp3) is 0.294. The molecule has 0 bridgehead atoms. The number of hydrogen-bond acceptors (Lipinski definition) is 5. The molecule has 0 unspecified atom stereocenters. The molecule has 26 heavy (non-hydrogen) atoms. The molecule has 2 rings (SSSR count). The summed E-state index contributed by atoms with van der Waals surface area (Å²) in [4.78, 5) is 15.6. The van der Waals surface area contributed by atoms with Crippen molar-refractivity contribution in [3.63, 3.8) is 0 Å². The minimum atomic E-state index is -4.45. The van der Waals surface area contributed by atoms with Crippen molar-refractivity contribution >= 4 is 21.7 Å². The molecule has 1 heterocycles. The summed E-state index contributed by atoms with van der Waals surface area (Å²) < 4.78 is 53.8. The zero-order valence-electron chi connectivity index (χ0n) is 13.9. The van der Waals surface area contributed by atoms with Crippen LogP contribution in [0, 0.1) is 0 Å². The Kier molecular flexibility index (Phi) is 6.47. The number of aromatic nitrogens is 1. The highest BCUT2D eigenvalue weighted by Crippen LogP contribution is 2.39. The second-order valence-electron chi connectivity index (χ2n) is 5.09. The van der Waals surface area contributed by atoms with Crippen molar-refractivity contribution < 1.29 is 32.2 Å². The Morgan fingerprint density at radius 1 is 1.15 bits per heavy atom. The standard InChI is InChI=1S/C17H15BrF3NO4/c1-24-14-5-10(13(23)7-18)6-15(25-2)16(14)26-9-12-4-3-11(8-22-12)17(19,20)21/h3-6,8H,7,9H2,1-2H3. The van der Waals surface area contributed by atoms with Gasteiger partial charge in [-0.1, -0.05) is 15.9 Å². The van der Waals surface area contributed by atoms with Crippen molar-refractivity contribution in [2.45, 2.75) is 12.8 Å². The van der Waals surface area contributed by atoms with E-state index >= 15 is 0 Å². The summed E-state index contributed by atoms with van der Waals surface area (Å²) in [6.45, 7) is -0.101. The number of alkyl halides is 4. The van der Waals surface area contributed by atoms with E-state index in [1.807, 2.05) is 0 Å². The van der Waals surface area contributed by atoms with E-state index in [0.717, 1.165) is 12.3 Å². The molecule has 1 aromatic carbocycles. The van der Waals surface area contributed by atoms with E-state index in [4.69, 9.17) is 14.2 Å². The lowest BCUT2D eigenvalue weighted by Gasteiger charge is -2.15. The van der Waals surface area contributed by atoms with Crippen molar-refractivity contribution in [2.24, 2.45) is 0 Å². The first-order valence-corrected chi connectivity index (χ1v) is 8.42. The third kappa shape index (κ3) is 4.66. The average molecular weight is 434 g/mol. The molecular weight excluding hydrogens is 419 g/mol. The number of ketones is 1. The molecule has 0 spiro atoms. The molecule has 0 N–H and O–H groups in total. The Hall–Kier alpha value is -2.29. The molecular formula is C17H15BrF3NO4. The third-order valence-corrected chi connectivity index (χ3v) is 3.93. The number of nitrogens with zero attached hydrogens (tertiary/aromatic N) is 1. The van der Waals surface area contributed by atoms with Gasteiger partial charge in [-0.25, -0.2) is 0 Å². The molecule has 0 saturated carbocycles. The normalized spacial score (nSPS) is 11.2. The number of carbonyl (C=O) groups is 1. The number of halogens is 4. The molecule has 0 aliphatic carbocycles. The summed E-state index contributed by atoms with van der Waals surface area (Å²) >= 11 is 3.09. The van der Waals surface area contributed by atoms with Gasteiger partial charge in [0.25, 0.3) is 0 Å². The van der Waals surface area contributed by atoms with Crippen molar-refractivity contribution in [2.75, 3.05) is 19.5 Å². The summed E-state index contributed by atoms with van der Waals surface area (Å²) in [6, 6.07) is 5.16. The SMILES string of the molecule is COc1cc(C(=O)CBr)cc(OC)c1OCc1ccc(C(F)(F)F)cn1. The Morgan fingerprint density at radius 2 is 1.77 bits per heavy atom. The van der Waals surface area contributed by atoms with Crippen LogP contribution in [0.3, 0.4) is 0 Å². The lowest BCUT2D eigenvalue weighted by molar-refractivity contribution is -0.137. The predicted molar refractivity (Wildman–Crippen MR) is 91.2 cm³/mol. The molecule has 0 fully saturated rings. The van der Waals surface area contributed by atoms with Gasteiger partial charge in [-0.05, 0) is 24.3 Å². The summed E-state index contributed by atoms with van der Waals surface area (Å²) in [6.07, 6.45) is -3.71. The van der Waals surface area contributed by atoms with Gasteiger partial charge in [-0.3, -0.25) is 9.78 Å². The number of methoxy groups -OCH3 is 2. The maximum Gasteiger partial charge on any atom is 0.417 e. The van der Waals surface area contributed by atoms with E-state index in [0.29, 0.717) is 11.3 Å². The van der Waals surface area contributed by atoms with Gasteiger partial charge in [-0.2, -0.15) is 13.2 Å². The molecule has 9 heteroatoms. The van der Waals surface area contributed by atoms with Gasteiger partial charge in [0.2, 0.25) is 5.75 Å². The molecule has 0 aliphatic rings.